The van der Waals surface area contributed by atoms with Crippen molar-refractivity contribution in [1.29, 1.82) is 0 Å². The molecule has 146 valence electrons. The molecule has 0 aliphatic carbocycles. The molecule has 0 unspecified atom stereocenters. The van der Waals surface area contributed by atoms with Crippen molar-refractivity contribution >= 4 is 12.2 Å². The molecular formula is C25H19N3O2. The van der Waals surface area contributed by atoms with Gasteiger partial charge in [-0.3, -0.25) is 14.7 Å². The summed E-state index contributed by atoms with van der Waals surface area (Å²) in [5, 5.41) is 0. The molecule has 0 fully saturated rings. The zero-order chi connectivity index (χ0) is 21.2. The van der Waals surface area contributed by atoms with Crippen molar-refractivity contribution in [2.24, 2.45) is 0 Å². The van der Waals surface area contributed by atoms with Crippen LogP contribution in [0.1, 0.15) is 16.8 Å². The van der Waals surface area contributed by atoms with Crippen molar-refractivity contribution in [3.05, 3.63) is 124 Å². The van der Waals surface area contributed by atoms with Crippen LogP contribution in [0.5, 0.6) is 11.5 Å². The first kappa shape index (κ1) is 20.4. The van der Waals surface area contributed by atoms with Crippen molar-refractivity contribution in [1.82, 2.24) is 4.98 Å². The number of pyridine rings is 1. The van der Waals surface area contributed by atoms with Gasteiger partial charge in [-0.1, -0.05) is 42.5 Å². The minimum atomic E-state index is 0.281. The molecule has 0 atom stereocenters. The third kappa shape index (κ3) is 5.58. The fourth-order valence-corrected chi connectivity index (χ4v) is 2.64. The molecule has 3 rings (SSSR count). The van der Waals surface area contributed by atoms with Crippen molar-refractivity contribution in [3.63, 3.8) is 0 Å². The van der Waals surface area contributed by atoms with Crippen LogP contribution in [0.25, 0.3) is 21.8 Å². The zero-order valence-corrected chi connectivity index (χ0v) is 16.4. The van der Waals surface area contributed by atoms with Crippen molar-refractivity contribution < 1.29 is 9.47 Å². The van der Waals surface area contributed by atoms with Crippen LogP contribution in [0, 0.1) is 13.1 Å². The monoisotopic (exact) mass is 393 g/mol. The van der Waals surface area contributed by atoms with Gasteiger partial charge in [-0.05, 0) is 47.5 Å². The van der Waals surface area contributed by atoms with Gasteiger partial charge in [0.2, 0.25) is 0 Å². The summed E-state index contributed by atoms with van der Waals surface area (Å²) in [7, 11) is 1.60. The molecule has 0 spiro atoms. The SMILES string of the molecule is [C-]#[N+]C(=C\c1ccc(OC)cc1)/C(=C/c1ccc(OCc2ccccn2)cc1)[N+]#[C-]. The molecule has 0 N–H and O–H groups in total. The predicted molar refractivity (Wildman–Crippen MR) is 117 cm³/mol. The Morgan fingerprint density at radius 3 is 1.87 bits per heavy atom. The lowest BCUT2D eigenvalue weighted by Gasteiger charge is -2.06. The minimum Gasteiger partial charge on any atom is -0.497 e. The van der Waals surface area contributed by atoms with E-state index in [1.807, 2.05) is 66.7 Å². The molecule has 1 heterocycles. The number of aromatic nitrogens is 1. The third-order valence-corrected chi connectivity index (χ3v) is 4.22. The Labute approximate surface area is 176 Å². The molecule has 0 saturated heterocycles. The Balaban J connectivity index is 1.74. The predicted octanol–water partition coefficient (Wildman–Crippen LogP) is 5.89. The van der Waals surface area contributed by atoms with Gasteiger partial charge in [-0.15, -0.1) is 0 Å². The molecule has 0 aliphatic heterocycles. The largest absolute Gasteiger partial charge is 0.497 e. The van der Waals surface area contributed by atoms with Crippen molar-refractivity contribution in [3.8, 4) is 11.5 Å². The van der Waals surface area contributed by atoms with Crippen LogP contribution in [0.3, 0.4) is 0 Å². The molecule has 5 nitrogen and oxygen atoms in total. The van der Waals surface area contributed by atoms with E-state index in [0.717, 1.165) is 22.6 Å². The summed E-state index contributed by atoms with van der Waals surface area (Å²) >= 11 is 0. The maximum absolute atomic E-state index is 7.50. The van der Waals surface area contributed by atoms with Crippen LogP contribution in [-0.2, 0) is 6.61 Å². The van der Waals surface area contributed by atoms with Gasteiger partial charge in [0.05, 0.1) is 25.9 Å². The molecule has 5 heteroatoms. The maximum Gasteiger partial charge on any atom is 0.195 e. The van der Waals surface area contributed by atoms with E-state index in [2.05, 4.69) is 14.7 Å². The smallest absolute Gasteiger partial charge is 0.195 e. The quantitative estimate of drug-likeness (QED) is 0.371. The average molecular weight is 393 g/mol. The Kier molecular flexibility index (Phi) is 6.97. The highest BCUT2D eigenvalue weighted by atomic mass is 16.5. The standard InChI is InChI=1S/C25H19N3O2/c1-26-24(16-19-7-11-22(29-3)12-8-19)25(27-2)17-20-9-13-23(14-10-20)30-18-21-6-4-5-15-28-21/h4-17H,18H2,3H3/b24-16-,25-17-. The number of methoxy groups -OCH3 is 1. The number of hydrogen-bond acceptors (Lipinski definition) is 3. The summed E-state index contributed by atoms with van der Waals surface area (Å²) in [4.78, 5) is 11.3. The van der Waals surface area contributed by atoms with Gasteiger partial charge in [0.15, 0.2) is 11.4 Å². The fraction of sp³-hybridized carbons (Fsp3) is 0.0800. The van der Waals surface area contributed by atoms with Gasteiger partial charge in [0.25, 0.3) is 0 Å². The van der Waals surface area contributed by atoms with Gasteiger partial charge in [-0.2, -0.15) is 0 Å². The van der Waals surface area contributed by atoms with E-state index in [4.69, 9.17) is 22.6 Å². The van der Waals surface area contributed by atoms with Gasteiger partial charge in [0.1, 0.15) is 18.1 Å². The zero-order valence-electron chi connectivity index (χ0n) is 16.4. The molecule has 0 aliphatic rings. The van der Waals surface area contributed by atoms with E-state index in [9.17, 15) is 0 Å². The third-order valence-electron chi connectivity index (χ3n) is 4.22. The summed E-state index contributed by atoms with van der Waals surface area (Å²) in [6.45, 7) is 15.4. The summed E-state index contributed by atoms with van der Waals surface area (Å²) in [5.41, 5.74) is 3.06. The molecule has 30 heavy (non-hydrogen) atoms. The second-order valence-corrected chi connectivity index (χ2v) is 6.23. The first-order chi connectivity index (χ1) is 14.7. The van der Waals surface area contributed by atoms with E-state index in [-0.39, 0.29) is 11.4 Å². The van der Waals surface area contributed by atoms with Gasteiger partial charge in [0, 0.05) is 6.20 Å². The molecule has 3 aromatic rings. The molecule has 0 bridgehead atoms. The number of benzene rings is 2. The van der Waals surface area contributed by atoms with E-state index in [1.165, 1.54) is 0 Å². The van der Waals surface area contributed by atoms with Crippen LogP contribution < -0.4 is 9.47 Å². The second kappa shape index (κ2) is 10.3. The topological polar surface area (TPSA) is 40.1 Å². The summed E-state index contributed by atoms with van der Waals surface area (Å²) < 4.78 is 10.9. The summed E-state index contributed by atoms with van der Waals surface area (Å²) in [6.07, 6.45) is 5.12. The maximum atomic E-state index is 7.50. The number of nitrogens with zero attached hydrogens (tertiary/aromatic N) is 3. The highest BCUT2D eigenvalue weighted by Gasteiger charge is 2.07. The molecule has 1 aromatic heterocycles. The van der Waals surface area contributed by atoms with Crippen LogP contribution in [0.4, 0.5) is 0 Å². The fourth-order valence-electron chi connectivity index (χ4n) is 2.64. The highest BCUT2D eigenvalue weighted by molar-refractivity contribution is 5.69. The van der Waals surface area contributed by atoms with Crippen LogP contribution >= 0.6 is 0 Å². The normalized spacial score (nSPS) is 11.3. The highest BCUT2D eigenvalue weighted by Crippen LogP contribution is 2.23. The van der Waals surface area contributed by atoms with E-state index in [0.29, 0.717) is 12.4 Å². The minimum absolute atomic E-state index is 0.281. The number of rotatable bonds is 7. The number of hydrogen-bond donors (Lipinski definition) is 0. The Bertz CT molecular complexity index is 1120. The number of ether oxygens (including phenoxy) is 2. The first-order valence-corrected chi connectivity index (χ1v) is 9.17. The molecular weight excluding hydrogens is 374 g/mol. The van der Waals surface area contributed by atoms with Gasteiger partial charge in [-0.25, -0.2) is 0 Å². The molecule has 2 aromatic carbocycles. The summed E-state index contributed by atoms with van der Waals surface area (Å²) in [6, 6.07) is 20.4. The van der Waals surface area contributed by atoms with Gasteiger partial charge >= 0.3 is 0 Å². The van der Waals surface area contributed by atoms with Gasteiger partial charge < -0.3 is 9.47 Å². The van der Waals surface area contributed by atoms with E-state index < -0.39 is 0 Å². The van der Waals surface area contributed by atoms with Crippen LogP contribution in [0.15, 0.2) is 84.3 Å². The lowest BCUT2D eigenvalue weighted by Crippen LogP contribution is -1.97. The molecule has 0 amide bonds. The molecule has 0 saturated carbocycles. The molecule has 0 radical (unpaired) electrons. The van der Waals surface area contributed by atoms with E-state index >= 15 is 0 Å². The average Bonchev–Trinajstić information content (AvgIpc) is 2.81. The lowest BCUT2D eigenvalue weighted by molar-refractivity contribution is 0.301. The van der Waals surface area contributed by atoms with Crippen LogP contribution in [0.2, 0.25) is 0 Å². The first-order valence-electron chi connectivity index (χ1n) is 9.17. The van der Waals surface area contributed by atoms with E-state index in [1.54, 1.807) is 25.5 Å². The Hall–Kier alpha value is -4.35. The lowest BCUT2D eigenvalue weighted by atomic mass is 10.1. The Morgan fingerprint density at radius 1 is 0.833 bits per heavy atom. The second-order valence-electron chi connectivity index (χ2n) is 6.23. The van der Waals surface area contributed by atoms with Crippen molar-refractivity contribution in [2.45, 2.75) is 6.61 Å². The summed E-state index contributed by atoms with van der Waals surface area (Å²) in [5.74, 6) is 1.45. The van der Waals surface area contributed by atoms with Crippen molar-refractivity contribution in [2.75, 3.05) is 7.11 Å². The Morgan fingerprint density at radius 2 is 1.40 bits per heavy atom. The van der Waals surface area contributed by atoms with Crippen LogP contribution in [-0.4, -0.2) is 12.1 Å².